The lowest BCUT2D eigenvalue weighted by atomic mass is 10.2. The van der Waals surface area contributed by atoms with Crippen molar-refractivity contribution in [2.24, 2.45) is 0 Å². The number of tetrazole rings is 1. The van der Waals surface area contributed by atoms with Crippen molar-refractivity contribution < 1.29 is 23.6 Å². The van der Waals surface area contributed by atoms with Gasteiger partial charge >= 0.3 is 5.97 Å². The fourth-order valence-corrected chi connectivity index (χ4v) is 2.52. The number of nitrogens with zero attached hydrogens (tertiary/aromatic N) is 5. The van der Waals surface area contributed by atoms with Gasteiger partial charge in [-0.1, -0.05) is 30.3 Å². The van der Waals surface area contributed by atoms with Gasteiger partial charge in [0.25, 0.3) is 11.6 Å². The number of hydrogen-bond donors (Lipinski definition) is 1. The summed E-state index contributed by atoms with van der Waals surface area (Å²) in [5.41, 5.74) is -0.248. The third-order valence-electron chi connectivity index (χ3n) is 3.93. The summed E-state index contributed by atoms with van der Waals surface area (Å²) in [6.07, 6.45) is 1.48. The number of carbonyl (C=O) groups is 2. The summed E-state index contributed by atoms with van der Waals surface area (Å²) in [4.78, 5) is 34.9. The first-order valence-electron chi connectivity index (χ1n) is 8.78. The van der Waals surface area contributed by atoms with E-state index in [1.807, 2.05) is 0 Å². The van der Waals surface area contributed by atoms with Gasteiger partial charge in [0, 0.05) is 0 Å². The van der Waals surface area contributed by atoms with E-state index in [4.69, 9.17) is 4.74 Å². The Morgan fingerprint density at radius 1 is 1.26 bits per heavy atom. The van der Waals surface area contributed by atoms with Crippen molar-refractivity contribution in [3.8, 4) is 0 Å². The minimum atomic E-state index is -0.900. The van der Waals surface area contributed by atoms with Crippen LogP contribution in [-0.2, 0) is 14.3 Å². The van der Waals surface area contributed by atoms with Crippen molar-refractivity contribution in [1.29, 1.82) is 0 Å². The smallest absolute Gasteiger partial charge is 0.357 e. The van der Waals surface area contributed by atoms with E-state index < -0.39 is 34.9 Å². The monoisotopic (exact) mass is 426 g/mol. The lowest BCUT2D eigenvalue weighted by Crippen LogP contribution is -2.23. The van der Waals surface area contributed by atoms with E-state index >= 15 is 0 Å². The second-order valence-electron chi connectivity index (χ2n) is 6.12. The molecule has 12 heteroatoms. The normalized spacial score (nSPS) is 11.1. The van der Waals surface area contributed by atoms with Crippen molar-refractivity contribution in [3.05, 3.63) is 75.9 Å². The predicted molar refractivity (Wildman–Crippen MR) is 106 cm³/mol. The van der Waals surface area contributed by atoms with Crippen LogP contribution < -0.4 is 5.32 Å². The van der Waals surface area contributed by atoms with Gasteiger partial charge in [-0.15, -0.1) is 5.10 Å². The molecule has 0 aliphatic heterocycles. The molecule has 0 spiro atoms. The van der Waals surface area contributed by atoms with E-state index in [1.54, 1.807) is 37.3 Å². The topological polar surface area (TPSA) is 142 Å². The Kier molecular flexibility index (Phi) is 6.40. The molecule has 1 aromatic heterocycles. The van der Waals surface area contributed by atoms with Gasteiger partial charge in [0.1, 0.15) is 11.5 Å². The highest BCUT2D eigenvalue weighted by Crippen LogP contribution is 2.25. The Bertz CT molecular complexity index is 1160. The van der Waals surface area contributed by atoms with Gasteiger partial charge in [-0.3, -0.25) is 14.9 Å². The molecule has 1 amide bonds. The molecule has 0 bridgehead atoms. The molecule has 0 aliphatic carbocycles. The molecule has 0 saturated carbocycles. The summed E-state index contributed by atoms with van der Waals surface area (Å²) in [5, 5.41) is 24.2. The van der Waals surface area contributed by atoms with Gasteiger partial charge in [0.05, 0.1) is 11.0 Å². The first-order valence-corrected chi connectivity index (χ1v) is 8.78. The molecule has 0 radical (unpaired) electrons. The summed E-state index contributed by atoms with van der Waals surface area (Å²) in [5.74, 6) is -2.27. The standard InChI is InChI=1S/C19H15FN6O5/c1-12-22-23-24-25(12)17(9-13-5-3-2-4-6-13)19(28)31-11-18(27)21-15-8-7-14(20)10-16(15)26(29)30/h2-10H,11H2,1H3,(H,21,27)/b17-9+. The van der Waals surface area contributed by atoms with Gasteiger partial charge in [0.15, 0.2) is 18.1 Å². The van der Waals surface area contributed by atoms with Crippen molar-refractivity contribution >= 4 is 35.0 Å². The maximum Gasteiger partial charge on any atom is 0.357 e. The molecule has 1 N–H and O–H groups in total. The highest BCUT2D eigenvalue weighted by molar-refractivity contribution is 6.15. The molecule has 0 unspecified atom stereocenters. The summed E-state index contributed by atoms with van der Waals surface area (Å²) in [7, 11) is 0. The molecule has 3 aromatic rings. The molecule has 0 saturated heterocycles. The lowest BCUT2D eigenvalue weighted by molar-refractivity contribution is -0.384. The van der Waals surface area contributed by atoms with E-state index in [0.717, 1.165) is 16.8 Å². The third kappa shape index (κ3) is 5.32. The molecule has 158 valence electrons. The number of nitro benzene ring substituents is 1. The van der Waals surface area contributed by atoms with Crippen LogP contribution >= 0.6 is 0 Å². The Morgan fingerprint density at radius 3 is 2.65 bits per heavy atom. The highest BCUT2D eigenvalue weighted by Gasteiger charge is 2.21. The Hall–Kier alpha value is -4.48. The molecule has 1 heterocycles. The average molecular weight is 426 g/mol. The number of benzene rings is 2. The maximum absolute atomic E-state index is 13.2. The number of ether oxygens (including phenoxy) is 1. The number of carbonyl (C=O) groups excluding carboxylic acids is 2. The summed E-state index contributed by atoms with van der Waals surface area (Å²) >= 11 is 0. The van der Waals surface area contributed by atoms with Crippen molar-refractivity contribution in [2.45, 2.75) is 6.92 Å². The predicted octanol–water partition coefficient (Wildman–Crippen LogP) is 2.21. The van der Waals surface area contributed by atoms with E-state index in [1.165, 1.54) is 6.08 Å². The van der Waals surface area contributed by atoms with Crippen LogP contribution in [0.5, 0.6) is 0 Å². The van der Waals surface area contributed by atoms with Crippen LogP contribution in [-0.4, -0.2) is 43.6 Å². The van der Waals surface area contributed by atoms with Crippen molar-refractivity contribution in [1.82, 2.24) is 20.2 Å². The van der Waals surface area contributed by atoms with Gasteiger partial charge in [-0.25, -0.2) is 9.18 Å². The highest BCUT2D eigenvalue weighted by atomic mass is 19.1. The fraction of sp³-hybridized carbons (Fsp3) is 0.105. The number of nitro groups is 1. The molecule has 11 nitrogen and oxygen atoms in total. The zero-order valence-electron chi connectivity index (χ0n) is 16.1. The quantitative estimate of drug-likeness (QED) is 0.262. The van der Waals surface area contributed by atoms with Crippen LogP contribution in [0.3, 0.4) is 0 Å². The van der Waals surface area contributed by atoms with E-state index in [9.17, 15) is 24.1 Å². The van der Waals surface area contributed by atoms with E-state index in [0.29, 0.717) is 17.5 Å². The first kappa shape index (κ1) is 21.2. The van der Waals surface area contributed by atoms with Crippen LogP contribution in [0.4, 0.5) is 15.8 Å². The molecular weight excluding hydrogens is 411 g/mol. The molecular formula is C19H15FN6O5. The third-order valence-corrected chi connectivity index (χ3v) is 3.93. The number of hydrogen-bond acceptors (Lipinski definition) is 8. The molecule has 0 fully saturated rings. The number of aryl methyl sites for hydroxylation is 1. The summed E-state index contributed by atoms with van der Waals surface area (Å²) in [6.45, 7) is 0.827. The van der Waals surface area contributed by atoms with Crippen LogP contribution in [0.15, 0.2) is 48.5 Å². The second kappa shape index (κ2) is 9.35. The van der Waals surface area contributed by atoms with Gasteiger partial charge < -0.3 is 10.1 Å². The molecule has 0 atom stereocenters. The number of nitrogens with one attached hydrogen (secondary N) is 1. The Morgan fingerprint density at radius 2 is 2.00 bits per heavy atom. The second-order valence-corrected chi connectivity index (χ2v) is 6.12. The summed E-state index contributed by atoms with van der Waals surface area (Å²) < 4.78 is 19.4. The summed E-state index contributed by atoms with van der Waals surface area (Å²) in [6, 6.07) is 11.5. The van der Waals surface area contributed by atoms with Crippen molar-refractivity contribution in [3.63, 3.8) is 0 Å². The van der Waals surface area contributed by atoms with Gasteiger partial charge in [-0.2, -0.15) is 4.68 Å². The largest absolute Gasteiger partial charge is 0.451 e. The zero-order chi connectivity index (χ0) is 22.4. The molecule has 31 heavy (non-hydrogen) atoms. The minimum Gasteiger partial charge on any atom is -0.451 e. The number of esters is 1. The lowest BCUT2D eigenvalue weighted by Gasteiger charge is -2.10. The van der Waals surface area contributed by atoms with Crippen LogP contribution in [0.2, 0.25) is 0 Å². The number of halogens is 1. The number of anilines is 1. The average Bonchev–Trinajstić information content (AvgIpc) is 3.17. The van der Waals surface area contributed by atoms with Gasteiger partial charge in [-0.05, 0) is 41.1 Å². The first-order chi connectivity index (χ1) is 14.8. The van der Waals surface area contributed by atoms with E-state index in [-0.39, 0.29) is 11.4 Å². The minimum absolute atomic E-state index is 0.0470. The Balaban J connectivity index is 1.75. The number of aromatic nitrogens is 4. The van der Waals surface area contributed by atoms with Crippen molar-refractivity contribution in [2.75, 3.05) is 11.9 Å². The molecule has 3 rings (SSSR count). The Labute approximate surface area is 174 Å². The van der Waals surface area contributed by atoms with Crippen LogP contribution in [0, 0.1) is 22.9 Å². The zero-order valence-corrected chi connectivity index (χ0v) is 16.1. The maximum atomic E-state index is 13.2. The van der Waals surface area contributed by atoms with E-state index in [2.05, 4.69) is 20.8 Å². The fourth-order valence-electron chi connectivity index (χ4n) is 2.52. The molecule has 2 aromatic carbocycles. The SMILES string of the molecule is Cc1nnnn1/C(=C/c1ccccc1)C(=O)OCC(=O)Nc1ccc(F)cc1[N+](=O)[O-]. The van der Waals surface area contributed by atoms with Gasteiger partial charge in [0.2, 0.25) is 0 Å². The van der Waals surface area contributed by atoms with Crippen LogP contribution in [0.1, 0.15) is 11.4 Å². The molecule has 0 aliphatic rings. The number of amides is 1. The number of rotatable bonds is 7. The van der Waals surface area contributed by atoms with Crippen LogP contribution in [0.25, 0.3) is 11.8 Å².